The summed E-state index contributed by atoms with van der Waals surface area (Å²) in [5, 5.41) is 0.448. The number of nitrogens with zero attached hydrogens (tertiary/aromatic N) is 3. The van der Waals surface area contributed by atoms with Gasteiger partial charge in [0, 0.05) is 31.1 Å². The summed E-state index contributed by atoms with van der Waals surface area (Å²) >= 11 is 0. The van der Waals surface area contributed by atoms with E-state index >= 15 is 0 Å². The summed E-state index contributed by atoms with van der Waals surface area (Å²) in [6.07, 6.45) is 4.34. The van der Waals surface area contributed by atoms with Gasteiger partial charge in [-0.1, -0.05) is 25.1 Å². The van der Waals surface area contributed by atoms with Gasteiger partial charge in [-0.3, -0.25) is 4.79 Å². The van der Waals surface area contributed by atoms with Gasteiger partial charge < -0.3 is 4.90 Å². The van der Waals surface area contributed by atoms with Crippen LogP contribution in [-0.2, 0) is 20.0 Å². The van der Waals surface area contributed by atoms with E-state index in [9.17, 15) is 21.6 Å². The monoisotopic (exact) mass is 557 g/mol. The Morgan fingerprint density at radius 2 is 1.50 bits per heavy atom. The number of aryl methyl sites for hydroxylation is 1. The van der Waals surface area contributed by atoms with Gasteiger partial charge in [-0.15, -0.1) is 0 Å². The largest absolute Gasteiger partial charge is 0.335 e. The number of carbonyl (C=O) groups is 1. The average molecular weight is 558 g/mol. The van der Waals surface area contributed by atoms with Crippen LogP contribution in [0.25, 0.3) is 10.9 Å². The lowest BCUT2D eigenvalue weighted by Gasteiger charge is -2.33. The summed E-state index contributed by atoms with van der Waals surface area (Å²) in [5.74, 6) is 0.133. The lowest BCUT2D eigenvalue weighted by molar-refractivity contribution is 0.0628. The molecule has 2 saturated heterocycles. The number of fused-ring (bicyclic) bond motifs is 1. The van der Waals surface area contributed by atoms with E-state index in [2.05, 4.69) is 6.92 Å². The molecule has 204 valence electrons. The number of hydrogen-bond donors (Lipinski definition) is 0. The molecule has 38 heavy (non-hydrogen) atoms. The van der Waals surface area contributed by atoms with Gasteiger partial charge in [0.05, 0.1) is 15.3 Å². The van der Waals surface area contributed by atoms with Crippen molar-refractivity contribution in [1.82, 2.24) is 13.2 Å². The van der Waals surface area contributed by atoms with Crippen molar-refractivity contribution in [2.75, 3.05) is 19.6 Å². The molecule has 2 aromatic carbocycles. The molecule has 0 spiro atoms. The Labute approximate surface area is 225 Å². The second kappa shape index (κ2) is 10.1. The first-order valence-electron chi connectivity index (χ1n) is 13.3. The number of sulfonamides is 1. The number of carbonyl (C=O) groups excluding carboxylic acids is 1. The summed E-state index contributed by atoms with van der Waals surface area (Å²) in [6, 6.07) is 12.5. The molecule has 3 heterocycles. The number of amides is 1. The predicted octanol–water partition coefficient (Wildman–Crippen LogP) is 4.62. The zero-order chi connectivity index (χ0) is 27.2. The zero-order valence-electron chi connectivity index (χ0n) is 22.1. The van der Waals surface area contributed by atoms with Crippen molar-refractivity contribution in [3.63, 3.8) is 0 Å². The highest BCUT2D eigenvalue weighted by molar-refractivity contribution is 7.90. The minimum Gasteiger partial charge on any atom is -0.335 e. The molecule has 2 aliphatic heterocycles. The highest BCUT2D eigenvalue weighted by atomic mass is 32.2. The van der Waals surface area contributed by atoms with Crippen molar-refractivity contribution in [2.45, 2.75) is 68.7 Å². The van der Waals surface area contributed by atoms with Crippen LogP contribution in [0.1, 0.15) is 62.0 Å². The quantitative estimate of drug-likeness (QED) is 0.456. The first-order valence-corrected chi connectivity index (χ1v) is 16.2. The van der Waals surface area contributed by atoms with Crippen LogP contribution >= 0.6 is 0 Å². The molecule has 3 aromatic rings. The summed E-state index contributed by atoms with van der Waals surface area (Å²) < 4.78 is 57.6. The molecule has 8 nitrogen and oxygen atoms in total. The fourth-order valence-corrected chi connectivity index (χ4v) is 8.74. The third-order valence-corrected chi connectivity index (χ3v) is 11.7. The average Bonchev–Trinajstić information content (AvgIpc) is 3.21. The number of piperidine rings is 2. The summed E-state index contributed by atoms with van der Waals surface area (Å²) in [4.78, 5) is 15.9. The summed E-state index contributed by atoms with van der Waals surface area (Å²) in [5.41, 5.74) is 0.830. The van der Waals surface area contributed by atoms with E-state index in [1.54, 1.807) is 30.0 Å². The molecular weight excluding hydrogens is 522 g/mol. The van der Waals surface area contributed by atoms with E-state index in [0.29, 0.717) is 42.0 Å². The van der Waals surface area contributed by atoms with E-state index in [-0.39, 0.29) is 27.4 Å². The maximum Gasteiger partial charge on any atom is 0.272 e. The second-order valence-electron chi connectivity index (χ2n) is 10.7. The van der Waals surface area contributed by atoms with E-state index < -0.39 is 20.0 Å². The highest BCUT2D eigenvalue weighted by Gasteiger charge is 2.35. The SMILES string of the molecule is Cc1c(C(=O)N2CCCCC2C)n(S(=O)(=O)c2ccccc2)c2ccc(S(=O)(=O)N3CCC(C)CC3)cc12. The third-order valence-electron chi connectivity index (χ3n) is 8.08. The van der Waals surface area contributed by atoms with Gasteiger partial charge in [-0.05, 0) is 87.8 Å². The number of hydrogen-bond acceptors (Lipinski definition) is 5. The third kappa shape index (κ3) is 4.56. The van der Waals surface area contributed by atoms with Crippen LogP contribution in [0.15, 0.2) is 58.3 Å². The molecule has 0 saturated carbocycles. The number of benzene rings is 2. The Bertz CT molecular complexity index is 1570. The van der Waals surface area contributed by atoms with Gasteiger partial charge >= 0.3 is 0 Å². The summed E-state index contributed by atoms with van der Waals surface area (Å²) in [6.45, 7) is 7.28. The van der Waals surface area contributed by atoms with E-state index in [1.807, 2.05) is 6.92 Å². The normalized spacial score (nSPS) is 20.2. The smallest absolute Gasteiger partial charge is 0.272 e. The number of likely N-dealkylation sites (tertiary alicyclic amines) is 1. The van der Waals surface area contributed by atoms with Gasteiger partial charge in [0.25, 0.3) is 15.9 Å². The predicted molar refractivity (Wildman–Crippen MR) is 147 cm³/mol. The molecule has 0 aliphatic carbocycles. The maximum absolute atomic E-state index is 14.0. The molecule has 1 atom stereocenters. The van der Waals surface area contributed by atoms with Gasteiger partial charge in [0.2, 0.25) is 10.0 Å². The van der Waals surface area contributed by atoms with Gasteiger partial charge in [0.15, 0.2) is 0 Å². The van der Waals surface area contributed by atoms with Crippen LogP contribution in [0.4, 0.5) is 0 Å². The Kier molecular flexibility index (Phi) is 7.17. The van der Waals surface area contributed by atoms with Crippen LogP contribution in [0, 0.1) is 12.8 Å². The Hall–Kier alpha value is -2.69. The molecule has 2 fully saturated rings. The molecule has 1 aromatic heterocycles. The van der Waals surface area contributed by atoms with Crippen LogP contribution in [0.3, 0.4) is 0 Å². The lowest BCUT2D eigenvalue weighted by Crippen LogP contribution is -2.43. The van der Waals surface area contributed by atoms with Gasteiger partial charge in [0.1, 0.15) is 5.69 Å². The Balaban J connectivity index is 1.70. The molecule has 10 heteroatoms. The standard InChI is InChI=1S/C28H35N3O5S2/c1-20-14-17-29(18-15-20)37(33,34)24-12-13-26-25(19-24)22(3)27(28(32)30-16-8-7-9-21(30)2)31(26)38(35,36)23-10-5-4-6-11-23/h4-6,10-13,19-21H,7-9,14-18H2,1-3H3. The van der Waals surface area contributed by atoms with E-state index in [1.165, 1.54) is 34.6 Å². The van der Waals surface area contributed by atoms with Crippen molar-refractivity contribution in [3.8, 4) is 0 Å². The Morgan fingerprint density at radius 1 is 0.816 bits per heavy atom. The first kappa shape index (κ1) is 26.9. The van der Waals surface area contributed by atoms with Crippen LogP contribution in [0.5, 0.6) is 0 Å². The molecule has 1 amide bonds. The molecular formula is C28H35N3O5S2. The first-order chi connectivity index (χ1) is 18.0. The molecule has 0 bridgehead atoms. The molecule has 2 aliphatic rings. The van der Waals surface area contributed by atoms with Crippen LogP contribution in [-0.4, -0.2) is 61.6 Å². The number of rotatable bonds is 5. The van der Waals surface area contributed by atoms with Crippen LogP contribution < -0.4 is 0 Å². The topological polar surface area (TPSA) is 96.8 Å². The van der Waals surface area contributed by atoms with Gasteiger partial charge in [-0.25, -0.2) is 20.8 Å². The summed E-state index contributed by atoms with van der Waals surface area (Å²) in [7, 11) is -7.90. The van der Waals surface area contributed by atoms with Crippen LogP contribution in [0.2, 0.25) is 0 Å². The number of aromatic nitrogens is 1. The van der Waals surface area contributed by atoms with Crippen molar-refractivity contribution < 1.29 is 21.6 Å². The van der Waals surface area contributed by atoms with Crippen molar-refractivity contribution >= 4 is 36.9 Å². The van der Waals surface area contributed by atoms with Crippen molar-refractivity contribution in [3.05, 3.63) is 59.8 Å². The van der Waals surface area contributed by atoms with Gasteiger partial charge in [-0.2, -0.15) is 4.31 Å². The molecule has 0 radical (unpaired) electrons. The zero-order valence-corrected chi connectivity index (χ0v) is 23.8. The highest BCUT2D eigenvalue weighted by Crippen LogP contribution is 2.34. The fraction of sp³-hybridized carbons (Fsp3) is 0.464. The minimum absolute atomic E-state index is 0.0148. The molecule has 5 rings (SSSR count). The fourth-order valence-electron chi connectivity index (χ4n) is 5.66. The Morgan fingerprint density at radius 3 is 2.16 bits per heavy atom. The maximum atomic E-state index is 14.0. The second-order valence-corrected chi connectivity index (χ2v) is 14.4. The van der Waals surface area contributed by atoms with Crippen molar-refractivity contribution in [2.24, 2.45) is 5.92 Å². The van der Waals surface area contributed by atoms with Crippen molar-refractivity contribution in [1.29, 1.82) is 0 Å². The lowest BCUT2D eigenvalue weighted by atomic mass is 10.0. The molecule has 0 N–H and O–H groups in total. The van der Waals surface area contributed by atoms with E-state index in [4.69, 9.17) is 0 Å². The molecule has 1 unspecified atom stereocenters. The van der Waals surface area contributed by atoms with E-state index in [0.717, 1.165) is 36.1 Å². The minimum atomic E-state index is -4.14.